The molecule has 2 N–H and O–H groups in total. The van der Waals surface area contributed by atoms with E-state index in [-0.39, 0.29) is 5.91 Å². The Labute approximate surface area is 83.8 Å². The fraction of sp³-hybridized carbons (Fsp3) is 0.667. The van der Waals surface area contributed by atoms with Gasteiger partial charge in [-0.1, -0.05) is 0 Å². The molecule has 1 aliphatic rings. The number of hydrogen-bond acceptors (Lipinski definition) is 2. The first-order chi connectivity index (χ1) is 6.52. The normalized spacial score (nSPS) is 17.4. The van der Waals surface area contributed by atoms with E-state index in [4.69, 9.17) is 5.73 Å². The van der Waals surface area contributed by atoms with Gasteiger partial charge in [-0.15, -0.1) is 0 Å². The van der Waals surface area contributed by atoms with Crippen molar-refractivity contribution < 1.29 is 9.59 Å². The Balaban J connectivity index is 2.43. The van der Waals surface area contributed by atoms with E-state index in [9.17, 15) is 9.59 Å². The molecule has 0 aromatic heterocycles. The van der Waals surface area contributed by atoms with Crippen LogP contribution in [0.2, 0.25) is 0 Å². The number of nitrogens with zero attached hydrogens (tertiary/aromatic N) is 2. The fourth-order valence-electron chi connectivity index (χ4n) is 1.45. The Kier molecular flexibility index (Phi) is 3.33. The smallest absolute Gasteiger partial charge is 0.314 e. The highest BCUT2D eigenvalue weighted by atomic mass is 16.2. The third-order valence-electron chi connectivity index (χ3n) is 2.31. The predicted molar refractivity (Wildman–Crippen MR) is 52.3 cm³/mol. The van der Waals surface area contributed by atoms with Crippen molar-refractivity contribution in [1.82, 2.24) is 9.80 Å². The molecule has 5 nitrogen and oxygen atoms in total. The first-order valence-corrected chi connectivity index (χ1v) is 4.66. The summed E-state index contributed by atoms with van der Waals surface area (Å²) in [7, 11) is 0. The van der Waals surface area contributed by atoms with Gasteiger partial charge in [-0.2, -0.15) is 0 Å². The van der Waals surface area contributed by atoms with E-state index in [1.54, 1.807) is 23.6 Å². The lowest BCUT2D eigenvalue weighted by Gasteiger charge is -2.34. The minimum Gasteiger partial charge on any atom is -0.351 e. The van der Waals surface area contributed by atoms with Crippen LogP contribution in [0.5, 0.6) is 0 Å². The van der Waals surface area contributed by atoms with Gasteiger partial charge < -0.3 is 15.5 Å². The molecule has 1 rings (SSSR count). The Bertz CT molecular complexity index is 232. The molecular weight excluding hydrogens is 182 g/mol. The summed E-state index contributed by atoms with van der Waals surface area (Å²) in [5, 5.41) is 0. The number of carbonyl (C=O) groups is 2. The molecule has 3 amide bonds. The number of rotatable bonds is 1. The van der Waals surface area contributed by atoms with E-state index in [0.717, 1.165) is 5.92 Å². The molecule has 0 aliphatic carbocycles. The molecular formula is C9H16N3O2. The predicted octanol–water partition coefficient (Wildman–Crippen LogP) is -0.176. The van der Waals surface area contributed by atoms with Crippen LogP contribution in [0.3, 0.4) is 0 Å². The molecule has 1 radical (unpaired) electrons. The van der Waals surface area contributed by atoms with Crippen molar-refractivity contribution in [2.75, 3.05) is 26.2 Å². The van der Waals surface area contributed by atoms with Crippen LogP contribution in [0.4, 0.5) is 4.79 Å². The summed E-state index contributed by atoms with van der Waals surface area (Å²) < 4.78 is 0. The summed E-state index contributed by atoms with van der Waals surface area (Å²) in [6.07, 6.45) is 0. The molecule has 0 spiro atoms. The van der Waals surface area contributed by atoms with Crippen molar-refractivity contribution in [1.29, 1.82) is 0 Å². The summed E-state index contributed by atoms with van der Waals surface area (Å²) in [5.41, 5.74) is 5.13. The maximum Gasteiger partial charge on any atom is 0.314 e. The van der Waals surface area contributed by atoms with Crippen LogP contribution in [0, 0.1) is 5.92 Å². The van der Waals surface area contributed by atoms with Crippen LogP contribution < -0.4 is 5.73 Å². The Morgan fingerprint density at radius 3 is 1.79 bits per heavy atom. The first kappa shape index (κ1) is 10.8. The highest BCUT2D eigenvalue weighted by Crippen LogP contribution is 2.07. The molecule has 79 valence electrons. The molecule has 0 atom stereocenters. The largest absolute Gasteiger partial charge is 0.351 e. The second-order valence-electron chi connectivity index (χ2n) is 3.62. The SMILES string of the molecule is C[C](C)C(=O)N1CCN(C(N)=O)CC1. The van der Waals surface area contributed by atoms with Crippen LogP contribution in [0.1, 0.15) is 13.8 Å². The number of nitrogens with two attached hydrogens (primary N) is 1. The molecule has 0 bridgehead atoms. The first-order valence-electron chi connectivity index (χ1n) is 4.66. The average Bonchev–Trinajstić information content (AvgIpc) is 2.16. The third kappa shape index (κ3) is 2.37. The van der Waals surface area contributed by atoms with Gasteiger partial charge in [-0.25, -0.2) is 4.79 Å². The number of primary amides is 1. The van der Waals surface area contributed by atoms with E-state index in [2.05, 4.69) is 0 Å². The molecule has 1 fully saturated rings. The van der Waals surface area contributed by atoms with E-state index in [0.29, 0.717) is 26.2 Å². The van der Waals surface area contributed by atoms with Gasteiger partial charge in [0.15, 0.2) is 0 Å². The number of piperazine rings is 1. The maximum absolute atomic E-state index is 11.5. The zero-order valence-electron chi connectivity index (χ0n) is 8.62. The average molecular weight is 198 g/mol. The van der Waals surface area contributed by atoms with Crippen molar-refractivity contribution >= 4 is 11.9 Å². The Morgan fingerprint density at radius 2 is 1.43 bits per heavy atom. The standard InChI is InChI=1S/C9H16N3O2/c1-7(2)8(13)11-3-5-12(6-4-11)9(10)14/h3-6H2,1-2H3,(H2,10,14). The van der Waals surface area contributed by atoms with Gasteiger partial charge >= 0.3 is 6.03 Å². The van der Waals surface area contributed by atoms with Crippen molar-refractivity contribution in [2.45, 2.75) is 13.8 Å². The highest BCUT2D eigenvalue weighted by Gasteiger charge is 2.24. The second kappa shape index (κ2) is 4.30. The van der Waals surface area contributed by atoms with Gasteiger partial charge in [0.1, 0.15) is 0 Å². The summed E-state index contributed by atoms with van der Waals surface area (Å²) in [4.78, 5) is 25.6. The van der Waals surface area contributed by atoms with Crippen molar-refractivity contribution in [2.24, 2.45) is 5.73 Å². The molecule has 0 saturated carbocycles. The summed E-state index contributed by atoms with van der Waals surface area (Å²) in [6, 6.07) is -0.408. The molecule has 1 aliphatic heterocycles. The maximum atomic E-state index is 11.5. The third-order valence-corrected chi connectivity index (χ3v) is 2.31. The van der Waals surface area contributed by atoms with Crippen molar-refractivity contribution in [3.8, 4) is 0 Å². The van der Waals surface area contributed by atoms with Crippen molar-refractivity contribution in [3.05, 3.63) is 5.92 Å². The number of urea groups is 1. The quantitative estimate of drug-likeness (QED) is 0.635. The van der Waals surface area contributed by atoms with Crippen LogP contribution in [-0.4, -0.2) is 47.9 Å². The monoisotopic (exact) mass is 198 g/mol. The van der Waals surface area contributed by atoms with Gasteiger partial charge in [0.25, 0.3) is 0 Å². The van der Waals surface area contributed by atoms with E-state index in [1.807, 2.05) is 0 Å². The summed E-state index contributed by atoms with van der Waals surface area (Å²) in [5.74, 6) is 0.839. The van der Waals surface area contributed by atoms with Gasteiger partial charge in [0.05, 0.1) is 5.92 Å². The molecule has 5 heteroatoms. The van der Waals surface area contributed by atoms with Gasteiger partial charge in [0.2, 0.25) is 5.91 Å². The van der Waals surface area contributed by atoms with Gasteiger partial charge in [-0.3, -0.25) is 4.79 Å². The highest BCUT2D eigenvalue weighted by molar-refractivity contribution is 5.89. The van der Waals surface area contributed by atoms with E-state index in [1.165, 1.54) is 0 Å². The van der Waals surface area contributed by atoms with Gasteiger partial charge in [0, 0.05) is 26.2 Å². The fourth-order valence-corrected chi connectivity index (χ4v) is 1.45. The molecule has 0 unspecified atom stereocenters. The lowest BCUT2D eigenvalue weighted by Crippen LogP contribution is -2.52. The zero-order chi connectivity index (χ0) is 10.7. The van der Waals surface area contributed by atoms with Crippen molar-refractivity contribution in [3.63, 3.8) is 0 Å². The number of amides is 3. The van der Waals surface area contributed by atoms with Crippen LogP contribution in [0.25, 0.3) is 0 Å². The molecule has 1 heterocycles. The Morgan fingerprint density at radius 1 is 1.00 bits per heavy atom. The van der Waals surface area contributed by atoms with Crippen LogP contribution in [0.15, 0.2) is 0 Å². The van der Waals surface area contributed by atoms with E-state index >= 15 is 0 Å². The molecule has 14 heavy (non-hydrogen) atoms. The Hall–Kier alpha value is -1.26. The minimum absolute atomic E-state index is 0.0640. The molecule has 0 aromatic rings. The molecule has 0 aromatic carbocycles. The minimum atomic E-state index is -0.408. The zero-order valence-corrected chi connectivity index (χ0v) is 8.62. The summed E-state index contributed by atoms with van der Waals surface area (Å²) in [6.45, 7) is 5.81. The van der Waals surface area contributed by atoms with Gasteiger partial charge in [-0.05, 0) is 13.8 Å². The number of hydrogen-bond donors (Lipinski definition) is 1. The number of carbonyl (C=O) groups excluding carboxylic acids is 2. The lowest BCUT2D eigenvalue weighted by atomic mass is 10.1. The summed E-state index contributed by atoms with van der Waals surface area (Å²) >= 11 is 0. The molecule has 1 saturated heterocycles. The second-order valence-corrected chi connectivity index (χ2v) is 3.62. The lowest BCUT2D eigenvalue weighted by molar-refractivity contribution is -0.130. The van der Waals surface area contributed by atoms with Crippen LogP contribution in [-0.2, 0) is 4.79 Å². The van der Waals surface area contributed by atoms with E-state index < -0.39 is 6.03 Å². The van der Waals surface area contributed by atoms with Crippen LogP contribution >= 0.6 is 0 Å². The topological polar surface area (TPSA) is 66.6 Å².